The van der Waals surface area contributed by atoms with E-state index in [0.717, 1.165) is 11.4 Å². The molecule has 0 aromatic carbocycles. The van der Waals surface area contributed by atoms with Gasteiger partial charge in [0.1, 0.15) is 0 Å². The molecule has 2 atom stereocenters. The molecule has 0 aliphatic carbocycles. The third kappa shape index (κ3) is 2.36. The summed E-state index contributed by atoms with van der Waals surface area (Å²) < 4.78 is 3.96. The molecule has 21 heavy (non-hydrogen) atoms. The van der Waals surface area contributed by atoms with Crippen molar-refractivity contribution in [1.29, 1.82) is 0 Å². The highest BCUT2D eigenvalue weighted by molar-refractivity contribution is 5.86. The lowest BCUT2D eigenvalue weighted by Crippen LogP contribution is -2.39. The first-order valence-corrected chi connectivity index (χ1v) is 7.01. The lowest BCUT2D eigenvalue weighted by Gasteiger charge is -2.38. The molecule has 6 nitrogen and oxygen atoms in total. The zero-order chi connectivity index (χ0) is 15.0. The molecule has 1 fully saturated rings. The van der Waals surface area contributed by atoms with E-state index in [9.17, 15) is 10.4 Å². The van der Waals surface area contributed by atoms with Gasteiger partial charge in [0.25, 0.3) is 0 Å². The average molecular weight is 288 g/mol. The maximum atomic E-state index is 10.7. The molecule has 0 unspecified atom stereocenters. The first-order valence-electron chi connectivity index (χ1n) is 7.01. The molecule has 6 heteroatoms. The second-order valence-electron chi connectivity index (χ2n) is 5.57. The minimum atomic E-state index is -0.218. The Labute approximate surface area is 123 Å². The smallest absolute Gasteiger partial charge is 0.0812 e. The van der Waals surface area contributed by atoms with Gasteiger partial charge in [0.15, 0.2) is 0 Å². The highest BCUT2D eigenvalue weighted by atomic mass is 16.5. The molecule has 1 aliphatic heterocycles. The van der Waals surface area contributed by atoms with Crippen molar-refractivity contribution in [3.8, 4) is 0 Å². The van der Waals surface area contributed by atoms with Crippen molar-refractivity contribution in [3.63, 3.8) is 0 Å². The molecular formula is C15H20N4O2. The summed E-state index contributed by atoms with van der Waals surface area (Å²) in [6.45, 7) is 0. The summed E-state index contributed by atoms with van der Waals surface area (Å²) in [5.41, 5.74) is 2.70. The summed E-state index contributed by atoms with van der Waals surface area (Å²) in [6.07, 6.45) is 4.94. The van der Waals surface area contributed by atoms with Crippen molar-refractivity contribution in [1.82, 2.24) is 14.2 Å². The monoisotopic (exact) mass is 288 g/mol. The predicted octanol–water partition coefficient (Wildman–Crippen LogP) is 2.46. The molecule has 1 aliphatic rings. The van der Waals surface area contributed by atoms with Crippen molar-refractivity contribution in [2.75, 3.05) is 0 Å². The van der Waals surface area contributed by atoms with Gasteiger partial charge in [-0.2, -0.15) is 5.06 Å². The summed E-state index contributed by atoms with van der Waals surface area (Å²) in [5, 5.41) is 24.7. The SMILES string of the molecule is Cn1cccc1[C@H]1CC(=NO)C[C@H](c2cccn2C)N1O. The topological polar surface area (TPSA) is 65.9 Å². The average Bonchev–Trinajstić information content (AvgIpc) is 3.08. The number of oxime groups is 1. The quantitative estimate of drug-likeness (QED) is 0.659. The molecule has 0 amide bonds. The Kier molecular flexibility index (Phi) is 3.57. The Balaban J connectivity index is 1.99. The molecule has 0 spiro atoms. The van der Waals surface area contributed by atoms with Gasteiger partial charge in [-0.05, 0) is 24.3 Å². The summed E-state index contributed by atoms with van der Waals surface area (Å²) in [5.74, 6) is 0. The van der Waals surface area contributed by atoms with Gasteiger partial charge >= 0.3 is 0 Å². The van der Waals surface area contributed by atoms with Crippen LogP contribution in [0.4, 0.5) is 0 Å². The molecule has 3 heterocycles. The highest BCUT2D eigenvalue weighted by Gasteiger charge is 2.37. The van der Waals surface area contributed by atoms with Crippen LogP contribution in [-0.2, 0) is 14.1 Å². The minimum absolute atomic E-state index is 0.218. The van der Waals surface area contributed by atoms with Crippen LogP contribution in [0.25, 0.3) is 0 Å². The zero-order valence-corrected chi connectivity index (χ0v) is 12.2. The number of aromatic nitrogens is 2. The van der Waals surface area contributed by atoms with Crippen molar-refractivity contribution in [3.05, 3.63) is 48.0 Å². The fraction of sp³-hybridized carbons (Fsp3) is 0.400. The van der Waals surface area contributed by atoms with Crippen LogP contribution in [0.5, 0.6) is 0 Å². The second-order valence-corrected chi connectivity index (χ2v) is 5.57. The Hall–Kier alpha value is -2.05. The van der Waals surface area contributed by atoms with Crippen LogP contribution >= 0.6 is 0 Å². The lowest BCUT2D eigenvalue weighted by molar-refractivity contribution is -0.170. The van der Waals surface area contributed by atoms with Crippen LogP contribution in [-0.4, -0.2) is 30.3 Å². The number of aryl methyl sites for hydroxylation is 2. The fourth-order valence-corrected chi connectivity index (χ4v) is 3.14. The number of piperidine rings is 1. The van der Waals surface area contributed by atoms with Crippen LogP contribution in [0.1, 0.15) is 36.3 Å². The molecule has 112 valence electrons. The van der Waals surface area contributed by atoms with Gasteiger partial charge in [-0.15, -0.1) is 0 Å². The van der Waals surface area contributed by atoms with E-state index in [0.29, 0.717) is 18.6 Å². The normalized spacial score (nSPS) is 23.5. The third-order valence-corrected chi connectivity index (χ3v) is 4.29. The van der Waals surface area contributed by atoms with Crippen molar-refractivity contribution in [2.45, 2.75) is 24.9 Å². The van der Waals surface area contributed by atoms with Crippen LogP contribution in [0.3, 0.4) is 0 Å². The van der Waals surface area contributed by atoms with E-state index < -0.39 is 0 Å². The molecule has 0 radical (unpaired) electrons. The minimum Gasteiger partial charge on any atom is -0.411 e. The maximum absolute atomic E-state index is 10.7. The van der Waals surface area contributed by atoms with E-state index in [4.69, 9.17) is 0 Å². The van der Waals surface area contributed by atoms with Crippen molar-refractivity contribution in [2.24, 2.45) is 19.3 Å². The van der Waals surface area contributed by atoms with Crippen LogP contribution in [0.15, 0.2) is 41.8 Å². The molecule has 3 rings (SSSR count). The van der Waals surface area contributed by atoms with Crippen molar-refractivity contribution >= 4 is 5.71 Å². The molecule has 0 saturated carbocycles. The first-order chi connectivity index (χ1) is 10.1. The number of rotatable bonds is 2. The van der Waals surface area contributed by atoms with Gasteiger partial charge in [0.2, 0.25) is 0 Å². The van der Waals surface area contributed by atoms with E-state index in [1.807, 2.05) is 59.9 Å². The van der Waals surface area contributed by atoms with E-state index >= 15 is 0 Å². The molecular weight excluding hydrogens is 268 g/mol. The van der Waals surface area contributed by atoms with Gasteiger partial charge in [0.05, 0.1) is 17.8 Å². The van der Waals surface area contributed by atoms with E-state index in [2.05, 4.69) is 5.16 Å². The molecule has 2 aromatic rings. The van der Waals surface area contributed by atoms with Gasteiger partial charge in [-0.25, -0.2) is 0 Å². The van der Waals surface area contributed by atoms with E-state index in [-0.39, 0.29) is 12.1 Å². The van der Waals surface area contributed by atoms with Gasteiger partial charge < -0.3 is 19.5 Å². The van der Waals surface area contributed by atoms with Gasteiger partial charge in [-0.1, -0.05) is 5.16 Å². The van der Waals surface area contributed by atoms with Crippen molar-refractivity contribution < 1.29 is 10.4 Å². The van der Waals surface area contributed by atoms with Gasteiger partial charge in [0, 0.05) is 50.7 Å². The fourth-order valence-electron chi connectivity index (χ4n) is 3.14. The largest absolute Gasteiger partial charge is 0.411 e. The molecule has 1 saturated heterocycles. The van der Waals surface area contributed by atoms with Crippen LogP contribution in [0, 0.1) is 0 Å². The number of hydroxylamine groups is 2. The predicted molar refractivity (Wildman–Crippen MR) is 78.4 cm³/mol. The summed E-state index contributed by atoms with van der Waals surface area (Å²) in [4.78, 5) is 0. The standard InChI is InChI=1S/C15H20N4O2/c1-17-7-3-5-12(17)14-9-11(16-20)10-15(19(14)21)13-6-4-8-18(13)2/h3-8,14-15,20-21H,9-10H2,1-2H3/t14-,15-/m1/s1. The summed E-state index contributed by atoms with van der Waals surface area (Å²) >= 11 is 0. The maximum Gasteiger partial charge on any atom is 0.0812 e. The Morgan fingerprint density at radius 1 is 1.00 bits per heavy atom. The number of nitrogens with zero attached hydrogens (tertiary/aromatic N) is 4. The highest BCUT2D eigenvalue weighted by Crippen LogP contribution is 2.39. The Morgan fingerprint density at radius 2 is 1.48 bits per heavy atom. The van der Waals surface area contributed by atoms with Gasteiger partial charge in [-0.3, -0.25) is 0 Å². The summed E-state index contributed by atoms with van der Waals surface area (Å²) in [7, 11) is 3.90. The molecule has 0 bridgehead atoms. The number of hydrogen-bond acceptors (Lipinski definition) is 4. The summed E-state index contributed by atoms with van der Waals surface area (Å²) in [6, 6.07) is 7.43. The van der Waals surface area contributed by atoms with E-state index in [1.54, 1.807) is 0 Å². The lowest BCUT2D eigenvalue weighted by atomic mass is 9.92. The second kappa shape index (κ2) is 5.38. The first kappa shape index (κ1) is 13.9. The third-order valence-electron chi connectivity index (χ3n) is 4.29. The Morgan fingerprint density at radius 3 is 1.81 bits per heavy atom. The molecule has 2 aromatic heterocycles. The number of hydrogen-bond donors (Lipinski definition) is 2. The van der Waals surface area contributed by atoms with Crippen LogP contribution < -0.4 is 0 Å². The Bertz CT molecular complexity index is 606. The molecule has 2 N–H and O–H groups in total. The zero-order valence-electron chi connectivity index (χ0n) is 12.2. The van der Waals surface area contributed by atoms with E-state index in [1.165, 1.54) is 5.06 Å². The van der Waals surface area contributed by atoms with Crippen LogP contribution in [0.2, 0.25) is 0 Å².